The molecular formula is C17H16N2O2S. The van der Waals surface area contributed by atoms with Crippen molar-refractivity contribution >= 4 is 33.2 Å². The van der Waals surface area contributed by atoms with Crippen LogP contribution in [-0.4, -0.2) is 25.1 Å². The van der Waals surface area contributed by atoms with Gasteiger partial charge in [0.1, 0.15) is 5.01 Å². The van der Waals surface area contributed by atoms with Crippen molar-refractivity contribution in [2.24, 2.45) is 0 Å². The Morgan fingerprint density at radius 2 is 1.91 bits per heavy atom. The fourth-order valence-electron chi connectivity index (χ4n) is 2.25. The summed E-state index contributed by atoms with van der Waals surface area (Å²) in [5.74, 6) is -0.319. The van der Waals surface area contributed by atoms with E-state index >= 15 is 0 Å². The number of benzene rings is 2. The monoisotopic (exact) mass is 312 g/mol. The van der Waals surface area contributed by atoms with E-state index in [1.54, 1.807) is 23.5 Å². The Morgan fingerprint density at radius 1 is 1.18 bits per heavy atom. The van der Waals surface area contributed by atoms with Crippen molar-refractivity contribution < 1.29 is 9.53 Å². The van der Waals surface area contributed by atoms with Crippen molar-refractivity contribution in [3.8, 4) is 0 Å². The van der Waals surface area contributed by atoms with Crippen molar-refractivity contribution in [3.63, 3.8) is 0 Å². The Morgan fingerprint density at radius 3 is 2.59 bits per heavy atom. The van der Waals surface area contributed by atoms with E-state index in [1.165, 1.54) is 11.8 Å². The number of hydrogen-bond donors (Lipinski definition) is 0. The summed E-state index contributed by atoms with van der Waals surface area (Å²) < 4.78 is 5.91. The molecule has 2 aromatic carbocycles. The summed E-state index contributed by atoms with van der Waals surface area (Å²) in [4.78, 5) is 18.2. The zero-order chi connectivity index (χ0) is 15.5. The maximum absolute atomic E-state index is 11.4. The molecule has 0 saturated heterocycles. The van der Waals surface area contributed by atoms with Crippen molar-refractivity contribution in [1.29, 1.82) is 0 Å². The average molecular weight is 312 g/mol. The first-order valence-corrected chi connectivity index (χ1v) is 7.73. The molecule has 0 radical (unpaired) electrons. The number of ether oxygens (including phenoxy) is 1. The number of thiazole rings is 1. The molecule has 1 heterocycles. The lowest BCUT2D eigenvalue weighted by atomic mass is 10.2. The van der Waals surface area contributed by atoms with Gasteiger partial charge in [-0.2, -0.15) is 0 Å². The number of para-hydroxylation sites is 1. The highest BCUT2D eigenvalue weighted by Gasteiger charge is 2.09. The van der Waals surface area contributed by atoms with Crippen LogP contribution in [0.25, 0.3) is 10.2 Å². The highest BCUT2D eigenvalue weighted by molar-refractivity contribution is 7.18. The number of nitrogens with zero attached hydrogens (tertiary/aromatic N) is 2. The molecule has 0 amide bonds. The Kier molecular flexibility index (Phi) is 4.06. The third-order valence-electron chi connectivity index (χ3n) is 3.44. The first kappa shape index (κ1) is 14.5. The van der Waals surface area contributed by atoms with Gasteiger partial charge in [0.25, 0.3) is 0 Å². The second-order valence-corrected chi connectivity index (χ2v) is 6.09. The van der Waals surface area contributed by atoms with Crippen molar-refractivity contribution in [1.82, 2.24) is 4.98 Å². The topological polar surface area (TPSA) is 42.4 Å². The maximum Gasteiger partial charge on any atom is 0.337 e. The molecule has 0 aliphatic heterocycles. The molecule has 0 unspecified atom stereocenters. The minimum atomic E-state index is -0.319. The van der Waals surface area contributed by atoms with Crippen LogP contribution >= 0.6 is 11.3 Å². The standard InChI is InChI=1S/C17H16N2O2S/c1-19(13-9-7-12(8-10-13)17(20)21-2)11-16-18-14-5-3-4-6-15(14)22-16/h3-10H,11H2,1-2H3. The van der Waals surface area contributed by atoms with Crippen LogP contribution in [0.2, 0.25) is 0 Å². The van der Waals surface area contributed by atoms with E-state index in [1.807, 2.05) is 37.4 Å². The van der Waals surface area contributed by atoms with E-state index in [0.717, 1.165) is 22.8 Å². The molecule has 112 valence electrons. The van der Waals surface area contributed by atoms with Crippen molar-refractivity contribution in [3.05, 3.63) is 59.1 Å². The van der Waals surface area contributed by atoms with Gasteiger partial charge in [0.05, 0.1) is 29.4 Å². The largest absolute Gasteiger partial charge is 0.465 e. The van der Waals surface area contributed by atoms with Crippen molar-refractivity contribution in [2.75, 3.05) is 19.1 Å². The Bertz CT molecular complexity index is 763. The number of anilines is 1. The average Bonchev–Trinajstić information content (AvgIpc) is 2.96. The maximum atomic E-state index is 11.4. The molecule has 0 fully saturated rings. The number of fused-ring (bicyclic) bond motifs is 1. The fourth-order valence-corrected chi connectivity index (χ4v) is 3.27. The predicted molar refractivity (Wildman–Crippen MR) is 89.5 cm³/mol. The van der Waals surface area contributed by atoms with Gasteiger partial charge >= 0.3 is 5.97 Å². The van der Waals surface area contributed by atoms with Gasteiger partial charge in [0, 0.05) is 12.7 Å². The van der Waals surface area contributed by atoms with Crippen LogP contribution in [0.1, 0.15) is 15.4 Å². The number of carbonyl (C=O) groups is 1. The van der Waals surface area contributed by atoms with Gasteiger partial charge in [-0.25, -0.2) is 9.78 Å². The molecule has 3 rings (SSSR count). The van der Waals surface area contributed by atoms with Crippen LogP contribution in [0.4, 0.5) is 5.69 Å². The molecule has 0 aliphatic carbocycles. The van der Waals surface area contributed by atoms with Crippen LogP contribution in [0.3, 0.4) is 0 Å². The zero-order valence-electron chi connectivity index (χ0n) is 12.4. The molecule has 1 aromatic heterocycles. The highest BCUT2D eigenvalue weighted by atomic mass is 32.1. The van der Waals surface area contributed by atoms with Gasteiger partial charge in [-0.05, 0) is 36.4 Å². The minimum absolute atomic E-state index is 0.319. The first-order valence-electron chi connectivity index (χ1n) is 6.91. The van der Waals surface area contributed by atoms with Gasteiger partial charge in [-0.1, -0.05) is 12.1 Å². The summed E-state index contributed by atoms with van der Waals surface area (Å²) in [6.45, 7) is 0.733. The SMILES string of the molecule is COC(=O)c1ccc(N(C)Cc2nc3ccccc3s2)cc1. The second kappa shape index (κ2) is 6.15. The van der Waals surface area contributed by atoms with Crippen molar-refractivity contribution in [2.45, 2.75) is 6.54 Å². The highest BCUT2D eigenvalue weighted by Crippen LogP contribution is 2.24. The fraction of sp³-hybridized carbons (Fsp3) is 0.176. The minimum Gasteiger partial charge on any atom is -0.465 e. The van der Waals surface area contributed by atoms with E-state index in [9.17, 15) is 4.79 Å². The molecular weight excluding hydrogens is 296 g/mol. The van der Waals surface area contributed by atoms with Crippen LogP contribution in [0.5, 0.6) is 0 Å². The Hall–Kier alpha value is -2.40. The summed E-state index contributed by atoms with van der Waals surface area (Å²) in [6.07, 6.45) is 0. The zero-order valence-corrected chi connectivity index (χ0v) is 13.3. The Balaban J connectivity index is 1.76. The number of rotatable bonds is 4. The van der Waals surface area contributed by atoms with Crippen LogP contribution in [-0.2, 0) is 11.3 Å². The number of methoxy groups -OCH3 is 1. The lowest BCUT2D eigenvalue weighted by molar-refractivity contribution is 0.0601. The molecule has 0 saturated carbocycles. The van der Waals surface area contributed by atoms with E-state index in [-0.39, 0.29) is 5.97 Å². The normalized spacial score (nSPS) is 10.6. The molecule has 0 atom stereocenters. The van der Waals surface area contributed by atoms with E-state index < -0.39 is 0 Å². The van der Waals surface area contributed by atoms with Gasteiger partial charge < -0.3 is 9.64 Å². The number of esters is 1. The number of hydrogen-bond acceptors (Lipinski definition) is 5. The molecule has 0 bridgehead atoms. The lowest BCUT2D eigenvalue weighted by Crippen LogP contribution is -2.16. The first-order chi connectivity index (χ1) is 10.7. The summed E-state index contributed by atoms with van der Waals surface area (Å²) >= 11 is 1.71. The lowest BCUT2D eigenvalue weighted by Gasteiger charge is -2.17. The van der Waals surface area contributed by atoms with Crippen LogP contribution in [0, 0.1) is 0 Å². The smallest absolute Gasteiger partial charge is 0.337 e. The molecule has 0 aliphatic rings. The van der Waals surface area contributed by atoms with E-state index in [0.29, 0.717) is 5.56 Å². The van der Waals surface area contributed by atoms with Gasteiger partial charge in [0.15, 0.2) is 0 Å². The number of carbonyl (C=O) groups excluding carboxylic acids is 1. The third kappa shape index (κ3) is 2.94. The van der Waals surface area contributed by atoms with E-state index in [4.69, 9.17) is 4.74 Å². The molecule has 4 nitrogen and oxygen atoms in total. The molecule has 0 N–H and O–H groups in total. The van der Waals surface area contributed by atoms with Gasteiger partial charge in [-0.3, -0.25) is 0 Å². The summed E-state index contributed by atoms with van der Waals surface area (Å²) in [6, 6.07) is 15.5. The van der Waals surface area contributed by atoms with Gasteiger partial charge in [-0.15, -0.1) is 11.3 Å². The van der Waals surface area contributed by atoms with E-state index in [2.05, 4.69) is 16.0 Å². The van der Waals surface area contributed by atoms with Crippen LogP contribution in [0.15, 0.2) is 48.5 Å². The van der Waals surface area contributed by atoms with Gasteiger partial charge in [0.2, 0.25) is 0 Å². The molecule has 0 spiro atoms. The Labute approximate surface area is 133 Å². The molecule has 22 heavy (non-hydrogen) atoms. The summed E-state index contributed by atoms with van der Waals surface area (Å²) in [5.41, 5.74) is 2.63. The summed E-state index contributed by atoms with van der Waals surface area (Å²) in [7, 11) is 3.40. The molecule has 5 heteroatoms. The second-order valence-electron chi connectivity index (χ2n) is 4.97. The third-order valence-corrected chi connectivity index (χ3v) is 4.46. The quantitative estimate of drug-likeness (QED) is 0.689. The van der Waals surface area contributed by atoms with Crippen LogP contribution < -0.4 is 4.90 Å². The summed E-state index contributed by atoms with van der Waals surface area (Å²) in [5, 5.41) is 1.07. The molecule has 3 aromatic rings. The predicted octanol–water partition coefficient (Wildman–Crippen LogP) is 3.72. The number of aromatic nitrogens is 1.